The van der Waals surface area contributed by atoms with Crippen molar-refractivity contribution in [2.75, 3.05) is 14.2 Å². The Kier molecular flexibility index (Phi) is 5.45. The molecule has 25 heavy (non-hydrogen) atoms. The van der Waals surface area contributed by atoms with Crippen LogP contribution in [-0.2, 0) is 4.79 Å². The molecule has 0 saturated carbocycles. The van der Waals surface area contributed by atoms with Crippen molar-refractivity contribution in [3.8, 4) is 11.5 Å². The van der Waals surface area contributed by atoms with Gasteiger partial charge in [-0.25, -0.2) is 4.99 Å². The van der Waals surface area contributed by atoms with Crippen molar-refractivity contribution < 1.29 is 14.3 Å². The number of aliphatic imine (C=N–C) groups is 1. The van der Waals surface area contributed by atoms with Crippen LogP contribution in [0.2, 0.25) is 0 Å². The van der Waals surface area contributed by atoms with E-state index in [1.807, 2.05) is 36.4 Å². The second-order valence-corrected chi connectivity index (χ2v) is 7.02. The van der Waals surface area contributed by atoms with Crippen LogP contribution < -0.4 is 14.8 Å². The predicted molar refractivity (Wildman–Crippen MR) is 104 cm³/mol. The Morgan fingerprint density at radius 2 is 2.00 bits per heavy atom. The van der Waals surface area contributed by atoms with Crippen LogP contribution in [0.3, 0.4) is 0 Å². The number of benzene rings is 2. The van der Waals surface area contributed by atoms with Gasteiger partial charge in [-0.05, 0) is 48.2 Å². The van der Waals surface area contributed by atoms with Gasteiger partial charge < -0.3 is 14.8 Å². The molecular formula is C18H15BrN2O3S. The van der Waals surface area contributed by atoms with Gasteiger partial charge in [0, 0.05) is 16.1 Å². The topological polar surface area (TPSA) is 59.9 Å². The number of methoxy groups -OCH3 is 2. The van der Waals surface area contributed by atoms with Crippen LogP contribution in [0.25, 0.3) is 6.08 Å². The molecule has 128 valence electrons. The third kappa shape index (κ3) is 4.24. The minimum absolute atomic E-state index is 0.184. The Hall–Kier alpha value is -2.25. The fraction of sp³-hybridized carbons (Fsp3) is 0.111. The van der Waals surface area contributed by atoms with Crippen LogP contribution in [0.15, 0.2) is 56.8 Å². The van der Waals surface area contributed by atoms with Crippen LogP contribution in [-0.4, -0.2) is 25.3 Å². The summed E-state index contributed by atoms with van der Waals surface area (Å²) in [6, 6.07) is 13.0. The van der Waals surface area contributed by atoms with Crippen LogP contribution in [0.4, 0.5) is 5.69 Å². The lowest BCUT2D eigenvalue weighted by Crippen LogP contribution is -2.19. The molecule has 1 heterocycles. The highest BCUT2D eigenvalue weighted by Gasteiger charge is 2.24. The molecule has 1 fully saturated rings. The Labute approximate surface area is 158 Å². The normalized spacial score (nSPS) is 17.0. The number of thioether (sulfide) groups is 1. The van der Waals surface area contributed by atoms with Gasteiger partial charge in [-0.15, -0.1) is 0 Å². The molecule has 0 unspecified atom stereocenters. The van der Waals surface area contributed by atoms with E-state index in [2.05, 4.69) is 26.2 Å². The maximum absolute atomic E-state index is 12.2. The van der Waals surface area contributed by atoms with Crippen molar-refractivity contribution in [1.29, 1.82) is 0 Å². The van der Waals surface area contributed by atoms with E-state index in [-0.39, 0.29) is 5.91 Å². The number of ether oxygens (including phenoxy) is 2. The largest absolute Gasteiger partial charge is 0.497 e. The lowest BCUT2D eigenvalue weighted by atomic mass is 10.1. The molecule has 1 N–H and O–H groups in total. The summed E-state index contributed by atoms with van der Waals surface area (Å²) in [5.74, 6) is 1.15. The average molecular weight is 419 g/mol. The summed E-state index contributed by atoms with van der Waals surface area (Å²) in [7, 11) is 3.18. The second kappa shape index (κ2) is 7.76. The van der Waals surface area contributed by atoms with Gasteiger partial charge in [-0.3, -0.25) is 4.79 Å². The van der Waals surface area contributed by atoms with Gasteiger partial charge in [-0.2, -0.15) is 0 Å². The van der Waals surface area contributed by atoms with Gasteiger partial charge in [0.15, 0.2) is 5.17 Å². The smallest absolute Gasteiger partial charge is 0.264 e. The minimum Gasteiger partial charge on any atom is -0.497 e. The first-order valence-electron chi connectivity index (χ1n) is 7.36. The van der Waals surface area contributed by atoms with Crippen molar-refractivity contribution in [1.82, 2.24) is 5.32 Å². The maximum atomic E-state index is 12.2. The summed E-state index contributed by atoms with van der Waals surface area (Å²) in [6.07, 6.45) is 1.78. The van der Waals surface area contributed by atoms with E-state index < -0.39 is 0 Å². The van der Waals surface area contributed by atoms with E-state index >= 15 is 0 Å². The highest BCUT2D eigenvalue weighted by Crippen LogP contribution is 2.32. The molecule has 0 bridgehead atoms. The quantitative estimate of drug-likeness (QED) is 0.749. The molecule has 2 aromatic rings. The molecule has 0 atom stereocenters. The molecular weight excluding hydrogens is 404 g/mol. The first-order valence-corrected chi connectivity index (χ1v) is 8.97. The fourth-order valence-corrected chi connectivity index (χ4v) is 3.44. The number of carbonyl (C=O) groups is 1. The number of rotatable bonds is 4. The van der Waals surface area contributed by atoms with E-state index in [9.17, 15) is 4.79 Å². The minimum atomic E-state index is -0.184. The van der Waals surface area contributed by atoms with Gasteiger partial charge in [0.1, 0.15) is 11.5 Å². The Morgan fingerprint density at radius 3 is 2.72 bits per heavy atom. The van der Waals surface area contributed by atoms with E-state index in [0.717, 1.165) is 15.7 Å². The number of carbonyl (C=O) groups excluding carboxylic acids is 1. The number of hydrogen-bond donors (Lipinski definition) is 1. The lowest BCUT2D eigenvalue weighted by Gasteiger charge is -2.07. The maximum Gasteiger partial charge on any atom is 0.264 e. The standard InChI is InChI=1S/C18H15BrN2O3S/c1-23-14-7-6-11(15(10-14)24-2)8-16-17(22)21-18(25-16)20-13-5-3-4-12(19)9-13/h3-10H,1-2H3,(H,20,21,22). The molecule has 5 nitrogen and oxygen atoms in total. The zero-order chi connectivity index (χ0) is 17.8. The number of hydrogen-bond acceptors (Lipinski definition) is 5. The first-order chi connectivity index (χ1) is 12.1. The zero-order valence-corrected chi connectivity index (χ0v) is 16.0. The van der Waals surface area contributed by atoms with Crippen LogP contribution in [0, 0.1) is 0 Å². The second-order valence-electron chi connectivity index (χ2n) is 5.07. The summed E-state index contributed by atoms with van der Waals surface area (Å²) in [5, 5.41) is 3.32. The first kappa shape index (κ1) is 17.6. The number of amides is 1. The molecule has 0 aliphatic carbocycles. The summed E-state index contributed by atoms with van der Waals surface area (Å²) in [6.45, 7) is 0. The molecule has 1 saturated heterocycles. The van der Waals surface area contributed by atoms with Crippen molar-refractivity contribution in [2.24, 2.45) is 4.99 Å². The van der Waals surface area contributed by atoms with E-state index in [4.69, 9.17) is 9.47 Å². The van der Waals surface area contributed by atoms with Crippen molar-refractivity contribution >= 4 is 50.5 Å². The van der Waals surface area contributed by atoms with Crippen LogP contribution in [0.1, 0.15) is 5.56 Å². The zero-order valence-electron chi connectivity index (χ0n) is 13.6. The Balaban J connectivity index is 1.87. The third-order valence-electron chi connectivity index (χ3n) is 3.42. The molecule has 3 rings (SSSR count). The predicted octanol–water partition coefficient (Wildman–Crippen LogP) is 4.36. The van der Waals surface area contributed by atoms with Gasteiger partial charge >= 0.3 is 0 Å². The van der Waals surface area contributed by atoms with Gasteiger partial charge in [0.2, 0.25) is 0 Å². The number of nitrogens with zero attached hydrogens (tertiary/aromatic N) is 1. The van der Waals surface area contributed by atoms with Gasteiger partial charge in [0.05, 0.1) is 24.8 Å². The molecule has 2 aromatic carbocycles. The molecule has 0 spiro atoms. The Bertz CT molecular complexity index is 880. The SMILES string of the molecule is COc1ccc(C=C2SC(=Nc3cccc(Br)c3)NC2=O)c(OC)c1. The van der Waals surface area contributed by atoms with E-state index in [1.54, 1.807) is 26.4 Å². The summed E-state index contributed by atoms with van der Waals surface area (Å²) < 4.78 is 11.5. The summed E-state index contributed by atoms with van der Waals surface area (Å²) >= 11 is 4.70. The number of amidine groups is 1. The monoisotopic (exact) mass is 418 g/mol. The van der Waals surface area contributed by atoms with Gasteiger partial charge in [0.25, 0.3) is 5.91 Å². The molecule has 1 amide bonds. The van der Waals surface area contributed by atoms with E-state index in [1.165, 1.54) is 11.8 Å². The molecule has 1 aliphatic heterocycles. The van der Waals surface area contributed by atoms with E-state index in [0.29, 0.717) is 21.6 Å². The number of nitrogens with one attached hydrogen (secondary N) is 1. The highest BCUT2D eigenvalue weighted by atomic mass is 79.9. The summed E-state index contributed by atoms with van der Waals surface area (Å²) in [4.78, 5) is 17.2. The molecule has 7 heteroatoms. The highest BCUT2D eigenvalue weighted by molar-refractivity contribution is 9.10. The average Bonchev–Trinajstić information content (AvgIpc) is 2.94. The van der Waals surface area contributed by atoms with Crippen molar-refractivity contribution in [2.45, 2.75) is 0 Å². The van der Waals surface area contributed by atoms with Crippen molar-refractivity contribution in [3.63, 3.8) is 0 Å². The number of halogens is 1. The Morgan fingerprint density at radius 1 is 1.16 bits per heavy atom. The molecule has 0 radical (unpaired) electrons. The van der Waals surface area contributed by atoms with Crippen molar-refractivity contribution in [3.05, 3.63) is 57.4 Å². The fourth-order valence-electron chi connectivity index (χ4n) is 2.22. The summed E-state index contributed by atoms with van der Waals surface area (Å²) in [5.41, 5.74) is 1.56. The molecule has 0 aromatic heterocycles. The van der Waals surface area contributed by atoms with Crippen LogP contribution >= 0.6 is 27.7 Å². The lowest BCUT2D eigenvalue weighted by molar-refractivity contribution is -0.115. The molecule has 1 aliphatic rings. The van der Waals surface area contributed by atoms with Crippen LogP contribution in [0.5, 0.6) is 11.5 Å². The van der Waals surface area contributed by atoms with Gasteiger partial charge in [-0.1, -0.05) is 22.0 Å². The third-order valence-corrected chi connectivity index (χ3v) is 4.82.